The summed E-state index contributed by atoms with van der Waals surface area (Å²) in [4.78, 5) is 13.2. The van der Waals surface area contributed by atoms with Gasteiger partial charge in [0, 0.05) is 6.42 Å². The van der Waals surface area contributed by atoms with E-state index >= 15 is 0 Å². The highest BCUT2D eigenvalue weighted by Gasteiger charge is 2.39. The van der Waals surface area contributed by atoms with Crippen LogP contribution in [0.3, 0.4) is 0 Å². The molecule has 7 nitrogen and oxygen atoms in total. The van der Waals surface area contributed by atoms with E-state index in [9.17, 15) is 18.0 Å². The van der Waals surface area contributed by atoms with E-state index in [1.165, 1.54) is 18.2 Å². The third-order valence-electron chi connectivity index (χ3n) is 5.04. The number of carbonyl (C=O) groups is 1. The fourth-order valence-corrected chi connectivity index (χ4v) is 4.53. The number of benzene rings is 2. The monoisotopic (exact) mass is 463 g/mol. The molecule has 1 aromatic heterocycles. The number of methoxy groups -OCH3 is 1. The molecule has 3 aromatic rings. The third-order valence-corrected chi connectivity index (χ3v) is 6.26. The normalized spacial score (nSPS) is 17.9. The first-order valence-corrected chi connectivity index (χ1v) is 10.7. The Labute approximate surface area is 186 Å². The van der Waals surface area contributed by atoms with Gasteiger partial charge in [-0.05, 0) is 29.8 Å². The van der Waals surface area contributed by atoms with Crippen molar-refractivity contribution in [2.24, 2.45) is 0 Å². The summed E-state index contributed by atoms with van der Waals surface area (Å²) in [6.07, 6.45) is -3.97. The molecule has 0 radical (unpaired) electrons. The number of para-hydroxylation sites is 1. The number of carbonyl (C=O) groups excluding carboxylic acids is 1. The zero-order valence-corrected chi connectivity index (χ0v) is 18.0. The van der Waals surface area contributed by atoms with Crippen molar-refractivity contribution in [1.29, 1.82) is 0 Å². The average molecular weight is 463 g/mol. The van der Waals surface area contributed by atoms with Crippen molar-refractivity contribution in [1.82, 2.24) is 14.9 Å². The summed E-state index contributed by atoms with van der Waals surface area (Å²) in [6.45, 7) is 1.93. The molecule has 0 aliphatic carbocycles. The number of anilines is 1. The van der Waals surface area contributed by atoms with Crippen molar-refractivity contribution >= 4 is 23.4 Å². The van der Waals surface area contributed by atoms with Crippen molar-refractivity contribution in [2.75, 3.05) is 17.9 Å². The lowest BCUT2D eigenvalue weighted by atomic mass is 10.0. The maximum Gasteiger partial charge on any atom is 0.418 e. The first kappa shape index (κ1) is 22.0. The molecule has 2 aromatic carbocycles. The van der Waals surface area contributed by atoms with E-state index in [1.54, 1.807) is 23.9 Å². The van der Waals surface area contributed by atoms with Crippen LogP contribution in [0.5, 0.6) is 5.75 Å². The summed E-state index contributed by atoms with van der Waals surface area (Å²) in [6, 6.07) is 11.5. The molecule has 0 fully saturated rings. The third kappa shape index (κ3) is 4.24. The van der Waals surface area contributed by atoms with Gasteiger partial charge in [0.15, 0.2) is 5.82 Å². The predicted octanol–water partition coefficient (Wildman–Crippen LogP) is 4.27. The molecule has 2 N–H and O–H groups in total. The molecule has 1 aliphatic rings. The molecule has 32 heavy (non-hydrogen) atoms. The van der Waals surface area contributed by atoms with Gasteiger partial charge in [-0.3, -0.25) is 4.79 Å². The molecule has 1 amide bonds. The number of aromatic nitrogens is 3. The number of rotatable bonds is 5. The molecule has 0 bridgehead atoms. The van der Waals surface area contributed by atoms with Gasteiger partial charge in [0.05, 0.1) is 24.4 Å². The number of nitrogens with zero attached hydrogens (tertiary/aromatic N) is 3. The maximum atomic E-state index is 13.4. The molecule has 11 heteroatoms. The number of alkyl halides is 3. The molecular weight excluding hydrogens is 443 g/mol. The average Bonchev–Trinajstić information content (AvgIpc) is 3.20. The predicted molar refractivity (Wildman–Crippen MR) is 114 cm³/mol. The Bertz CT molecular complexity index is 1120. The largest absolute Gasteiger partial charge is 0.497 e. The number of thioether (sulfide) groups is 1. The van der Waals surface area contributed by atoms with Crippen LogP contribution in [0.1, 0.15) is 29.9 Å². The van der Waals surface area contributed by atoms with E-state index in [-0.39, 0.29) is 5.69 Å². The Hall–Kier alpha value is -3.21. The molecule has 4 rings (SSSR count). The number of hydrogen-bond acceptors (Lipinski definition) is 6. The molecule has 0 saturated heterocycles. The lowest BCUT2D eigenvalue weighted by molar-refractivity contribution is -0.137. The first-order valence-electron chi connectivity index (χ1n) is 9.80. The number of ether oxygens (including phenoxy) is 1. The van der Waals surface area contributed by atoms with Gasteiger partial charge in [-0.15, -0.1) is 10.2 Å². The molecule has 168 valence electrons. The molecule has 2 heterocycles. The van der Waals surface area contributed by atoms with Crippen LogP contribution in [-0.4, -0.2) is 33.1 Å². The topological polar surface area (TPSA) is 81.1 Å². The summed E-state index contributed by atoms with van der Waals surface area (Å²) < 4.78 is 47.1. The van der Waals surface area contributed by atoms with E-state index in [2.05, 4.69) is 20.9 Å². The highest BCUT2D eigenvalue weighted by molar-refractivity contribution is 8.00. The van der Waals surface area contributed by atoms with Gasteiger partial charge in [0.1, 0.15) is 11.0 Å². The van der Waals surface area contributed by atoms with E-state index in [4.69, 9.17) is 4.74 Å². The van der Waals surface area contributed by atoms with Crippen LogP contribution in [0, 0.1) is 0 Å². The number of fused-ring (bicyclic) bond motifs is 1. The lowest BCUT2D eigenvalue weighted by Gasteiger charge is -2.33. The Kier molecular flexibility index (Phi) is 6.00. The van der Waals surface area contributed by atoms with Gasteiger partial charge < -0.3 is 15.5 Å². The van der Waals surface area contributed by atoms with E-state index in [0.717, 1.165) is 23.4 Å². The minimum Gasteiger partial charge on any atom is -0.497 e. The summed E-state index contributed by atoms with van der Waals surface area (Å²) in [7, 11) is 1.55. The van der Waals surface area contributed by atoms with Crippen LogP contribution in [0.25, 0.3) is 0 Å². The van der Waals surface area contributed by atoms with Crippen molar-refractivity contribution < 1.29 is 22.7 Å². The van der Waals surface area contributed by atoms with Crippen LogP contribution in [0.4, 0.5) is 18.9 Å². The number of nitrogens with one attached hydrogen (secondary N) is 2. The van der Waals surface area contributed by atoms with Crippen LogP contribution < -0.4 is 15.5 Å². The number of halogens is 3. The van der Waals surface area contributed by atoms with E-state index < -0.39 is 28.9 Å². The van der Waals surface area contributed by atoms with Crippen molar-refractivity contribution in [3.8, 4) is 5.75 Å². The Morgan fingerprint density at radius 3 is 2.56 bits per heavy atom. The van der Waals surface area contributed by atoms with Crippen LogP contribution in [0.2, 0.25) is 0 Å². The molecule has 1 aliphatic heterocycles. The zero-order chi connectivity index (χ0) is 22.9. The smallest absolute Gasteiger partial charge is 0.418 e. The van der Waals surface area contributed by atoms with Gasteiger partial charge in [-0.1, -0.05) is 43.0 Å². The number of amides is 1. The van der Waals surface area contributed by atoms with Crippen LogP contribution in [-0.2, 0) is 17.4 Å². The second kappa shape index (κ2) is 8.73. The Balaban J connectivity index is 1.68. The van der Waals surface area contributed by atoms with Crippen molar-refractivity contribution in [3.05, 3.63) is 65.5 Å². The SMILES string of the molecule is CCc1nnc2n1N[C@H](c1ccc(OC)cc1)[C@H](C(=O)Nc1ccccc1C(F)(F)F)S2. The summed E-state index contributed by atoms with van der Waals surface area (Å²) >= 11 is 1.15. The van der Waals surface area contributed by atoms with E-state index in [1.807, 2.05) is 19.1 Å². The van der Waals surface area contributed by atoms with Gasteiger partial charge in [-0.25, -0.2) is 4.68 Å². The highest BCUT2D eigenvalue weighted by Crippen LogP contribution is 2.39. The minimum atomic E-state index is -4.59. The van der Waals surface area contributed by atoms with Gasteiger partial charge in [0.25, 0.3) is 0 Å². The van der Waals surface area contributed by atoms with Gasteiger partial charge >= 0.3 is 6.18 Å². The van der Waals surface area contributed by atoms with Crippen LogP contribution in [0.15, 0.2) is 53.7 Å². The summed E-state index contributed by atoms with van der Waals surface area (Å²) in [5, 5.41) is 10.4. The van der Waals surface area contributed by atoms with Gasteiger partial charge in [0.2, 0.25) is 11.1 Å². The molecule has 0 saturated carbocycles. The fourth-order valence-electron chi connectivity index (χ4n) is 3.43. The van der Waals surface area contributed by atoms with E-state index in [0.29, 0.717) is 23.2 Å². The maximum absolute atomic E-state index is 13.4. The number of hydrogen-bond donors (Lipinski definition) is 2. The second-order valence-electron chi connectivity index (χ2n) is 7.04. The molecular formula is C21H20F3N5O2S. The van der Waals surface area contributed by atoms with Crippen molar-refractivity contribution in [2.45, 2.75) is 36.0 Å². The standard InChI is InChI=1S/C21H20F3N5O2S/c1-3-16-26-27-20-29(16)28-17(12-8-10-13(31-2)11-9-12)18(32-20)19(30)25-15-7-5-4-6-14(15)21(22,23)24/h4-11,17-18,28H,3H2,1-2H3,(H,25,30)/t17-,18-/m1/s1. The van der Waals surface area contributed by atoms with Gasteiger partial charge in [-0.2, -0.15) is 13.2 Å². The molecule has 0 unspecified atom stereocenters. The molecule has 0 spiro atoms. The first-order chi connectivity index (χ1) is 15.3. The number of aryl methyl sites for hydroxylation is 1. The second-order valence-corrected chi connectivity index (χ2v) is 8.15. The Morgan fingerprint density at radius 2 is 1.91 bits per heavy atom. The zero-order valence-electron chi connectivity index (χ0n) is 17.2. The quantitative estimate of drug-likeness (QED) is 0.588. The minimum absolute atomic E-state index is 0.291. The fraction of sp³-hybridized carbons (Fsp3) is 0.286. The summed E-state index contributed by atoms with van der Waals surface area (Å²) in [5.41, 5.74) is 2.83. The van der Waals surface area contributed by atoms with Crippen molar-refractivity contribution in [3.63, 3.8) is 0 Å². The Morgan fingerprint density at radius 1 is 1.19 bits per heavy atom. The molecule has 2 atom stereocenters. The van der Waals surface area contributed by atoms with Crippen LogP contribution >= 0.6 is 11.8 Å². The summed E-state index contributed by atoms with van der Waals surface area (Å²) in [5.74, 6) is 0.760. The lowest BCUT2D eigenvalue weighted by Crippen LogP contribution is -2.41. The highest BCUT2D eigenvalue weighted by atomic mass is 32.2.